The van der Waals surface area contributed by atoms with E-state index in [1.807, 2.05) is 16.9 Å². The lowest BCUT2D eigenvalue weighted by Crippen LogP contribution is -1.99. The van der Waals surface area contributed by atoms with Crippen LogP contribution in [0, 0.1) is 5.82 Å². The van der Waals surface area contributed by atoms with Gasteiger partial charge in [0.15, 0.2) is 0 Å². The highest BCUT2D eigenvalue weighted by Crippen LogP contribution is 2.09. The predicted octanol–water partition coefficient (Wildman–Crippen LogP) is 3.47. The van der Waals surface area contributed by atoms with Gasteiger partial charge in [-0.25, -0.2) is 4.39 Å². The van der Waals surface area contributed by atoms with Crippen LogP contribution in [-0.2, 0) is 13.1 Å². The van der Waals surface area contributed by atoms with Crippen LogP contribution in [0.25, 0.3) is 0 Å². The van der Waals surface area contributed by atoms with Crippen molar-refractivity contribution >= 4 is 18.1 Å². The number of rotatable bonds is 5. The van der Waals surface area contributed by atoms with Gasteiger partial charge < -0.3 is 5.32 Å². The molecule has 98 valence electrons. The van der Waals surface area contributed by atoms with E-state index in [-0.39, 0.29) is 18.2 Å². The van der Waals surface area contributed by atoms with Crippen LogP contribution in [0.1, 0.15) is 18.9 Å². The molecule has 5 heteroatoms. The van der Waals surface area contributed by atoms with E-state index in [2.05, 4.69) is 17.3 Å². The molecule has 1 aromatic carbocycles. The standard InChI is InChI=1S/C13H16FN3.ClH/c1-2-6-17-10-13(9-16-17)15-8-11-4-3-5-12(14)7-11;/h3-5,7,9-10,15H,2,6,8H2,1H3;1H. The van der Waals surface area contributed by atoms with Gasteiger partial charge in [0.25, 0.3) is 0 Å². The normalized spacial score (nSPS) is 9.89. The Morgan fingerprint density at radius 3 is 2.94 bits per heavy atom. The molecule has 1 N–H and O–H groups in total. The van der Waals surface area contributed by atoms with Crippen molar-refractivity contribution in [1.82, 2.24) is 9.78 Å². The topological polar surface area (TPSA) is 29.9 Å². The van der Waals surface area contributed by atoms with E-state index < -0.39 is 0 Å². The summed E-state index contributed by atoms with van der Waals surface area (Å²) in [5.41, 5.74) is 1.89. The van der Waals surface area contributed by atoms with Crippen LogP contribution in [0.5, 0.6) is 0 Å². The van der Waals surface area contributed by atoms with Crippen LogP contribution in [0.3, 0.4) is 0 Å². The molecule has 0 bridgehead atoms. The number of anilines is 1. The van der Waals surface area contributed by atoms with Gasteiger partial charge in [-0.05, 0) is 24.1 Å². The molecular formula is C13H17ClFN3. The van der Waals surface area contributed by atoms with E-state index >= 15 is 0 Å². The molecule has 0 aliphatic rings. The van der Waals surface area contributed by atoms with Crippen molar-refractivity contribution in [3.63, 3.8) is 0 Å². The highest BCUT2D eigenvalue weighted by atomic mass is 35.5. The molecule has 0 aliphatic heterocycles. The van der Waals surface area contributed by atoms with Crippen LogP contribution < -0.4 is 5.32 Å². The Labute approximate surface area is 112 Å². The summed E-state index contributed by atoms with van der Waals surface area (Å²) in [5.74, 6) is -0.203. The molecule has 0 amide bonds. The number of aryl methyl sites for hydroxylation is 1. The molecule has 18 heavy (non-hydrogen) atoms. The molecule has 0 saturated heterocycles. The van der Waals surface area contributed by atoms with Crippen LogP contribution in [0.15, 0.2) is 36.7 Å². The zero-order chi connectivity index (χ0) is 12.1. The fourth-order valence-electron chi connectivity index (χ4n) is 1.66. The van der Waals surface area contributed by atoms with Gasteiger partial charge in [-0.15, -0.1) is 12.4 Å². The van der Waals surface area contributed by atoms with Gasteiger partial charge in [0.1, 0.15) is 5.82 Å². The average molecular weight is 270 g/mol. The molecule has 0 saturated carbocycles. The SMILES string of the molecule is CCCn1cc(NCc2cccc(F)c2)cn1.Cl. The summed E-state index contributed by atoms with van der Waals surface area (Å²) in [6.07, 6.45) is 4.81. The third-order valence-corrected chi connectivity index (χ3v) is 2.47. The fraction of sp³-hybridized carbons (Fsp3) is 0.308. The van der Waals surface area contributed by atoms with Crippen molar-refractivity contribution < 1.29 is 4.39 Å². The molecule has 0 atom stereocenters. The summed E-state index contributed by atoms with van der Waals surface area (Å²) < 4.78 is 14.8. The second-order valence-corrected chi connectivity index (χ2v) is 3.98. The Kier molecular flexibility index (Phi) is 5.65. The maximum absolute atomic E-state index is 13.0. The zero-order valence-electron chi connectivity index (χ0n) is 10.3. The molecule has 0 aliphatic carbocycles. The molecule has 2 aromatic rings. The van der Waals surface area contributed by atoms with E-state index in [1.54, 1.807) is 12.3 Å². The Hall–Kier alpha value is -1.55. The third-order valence-electron chi connectivity index (χ3n) is 2.47. The van der Waals surface area contributed by atoms with Crippen molar-refractivity contribution in [1.29, 1.82) is 0 Å². The third kappa shape index (κ3) is 4.04. The number of benzene rings is 1. The number of nitrogens with one attached hydrogen (secondary N) is 1. The van der Waals surface area contributed by atoms with Crippen LogP contribution >= 0.6 is 12.4 Å². The second-order valence-electron chi connectivity index (χ2n) is 3.98. The summed E-state index contributed by atoms with van der Waals surface area (Å²) in [6.45, 7) is 3.64. The monoisotopic (exact) mass is 269 g/mol. The summed E-state index contributed by atoms with van der Waals surface area (Å²) in [4.78, 5) is 0. The van der Waals surface area contributed by atoms with Gasteiger partial charge in [-0.1, -0.05) is 19.1 Å². The molecule has 0 unspecified atom stereocenters. The van der Waals surface area contributed by atoms with Gasteiger partial charge in [-0.2, -0.15) is 5.10 Å². The average Bonchev–Trinajstić information content (AvgIpc) is 2.75. The first-order valence-electron chi connectivity index (χ1n) is 5.78. The molecular weight excluding hydrogens is 253 g/mol. The van der Waals surface area contributed by atoms with E-state index in [9.17, 15) is 4.39 Å². The van der Waals surface area contributed by atoms with Crippen molar-refractivity contribution in [2.24, 2.45) is 0 Å². The Morgan fingerprint density at radius 2 is 2.22 bits per heavy atom. The van der Waals surface area contributed by atoms with Gasteiger partial charge in [0, 0.05) is 19.3 Å². The van der Waals surface area contributed by atoms with Crippen LogP contribution in [-0.4, -0.2) is 9.78 Å². The molecule has 0 radical (unpaired) electrons. The molecule has 0 fully saturated rings. The van der Waals surface area contributed by atoms with Crippen molar-refractivity contribution in [3.8, 4) is 0 Å². The van der Waals surface area contributed by atoms with E-state index in [4.69, 9.17) is 0 Å². The lowest BCUT2D eigenvalue weighted by atomic mass is 10.2. The molecule has 0 spiro atoms. The largest absolute Gasteiger partial charge is 0.378 e. The highest BCUT2D eigenvalue weighted by molar-refractivity contribution is 5.85. The van der Waals surface area contributed by atoms with Crippen LogP contribution in [0.2, 0.25) is 0 Å². The van der Waals surface area contributed by atoms with Gasteiger partial charge in [-0.3, -0.25) is 4.68 Å². The van der Waals surface area contributed by atoms with Crippen molar-refractivity contribution in [2.75, 3.05) is 5.32 Å². The lowest BCUT2D eigenvalue weighted by molar-refractivity contribution is 0.603. The number of nitrogens with zero attached hydrogens (tertiary/aromatic N) is 2. The van der Waals surface area contributed by atoms with E-state index in [0.717, 1.165) is 24.2 Å². The summed E-state index contributed by atoms with van der Waals surface area (Å²) in [7, 11) is 0. The number of halogens is 2. The molecule has 3 nitrogen and oxygen atoms in total. The zero-order valence-corrected chi connectivity index (χ0v) is 11.1. The Morgan fingerprint density at radius 1 is 1.39 bits per heavy atom. The van der Waals surface area contributed by atoms with Gasteiger partial charge >= 0.3 is 0 Å². The number of hydrogen-bond donors (Lipinski definition) is 1. The number of hydrogen-bond acceptors (Lipinski definition) is 2. The second kappa shape index (κ2) is 7.01. The fourth-order valence-corrected chi connectivity index (χ4v) is 1.66. The van der Waals surface area contributed by atoms with Crippen LogP contribution in [0.4, 0.5) is 10.1 Å². The van der Waals surface area contributed by atoms with Crippen molar-refractivity contribution in [2.45, 2.75) is 26.4 Å². The maximum atomic E-state index is 13.0. The lowest BCUT2D eigenvalue weighted by Gasteiger charge is -2.03. The summed E-state index contributed by atoms with van der Waals surface area (Å²) >= 11 is 0. The smallest absolute Gasteiger partial charge is 0.123 e. The molecule has 1 aromatic heterocycles. The van der Waals surface area contributed by atoms with Gasteiger partial charge in [0.05, 0.1) is 11.9 Å². The van der Waals surface area contributed by atoms with Gasteiger partial charge in [0.2, 0.25) is 0 Å². The number of aromatic nitrogens is 2. The van der Waals surface area contributed by atoms with E-state index in [0.29, 0.717) is 6.54 Å². The molecule has 1 heterocycles. The van der Waals surface area contributed by atoms with Crippen molar-refractivity contribution in [3.05, 3.63) is 48.0 Å². The minimum atomic E-state index is -0.203. The Bertz CT molecular complexity index is 485. The highest BCUT2D eigenvalue weighted by Gasteiger charge is 1.98. The first kappa shape index (κ1) is 14.5. The summed E-state index contributed by atoms with van der Waals surface area (Å²) in [5, 5.41) is 7.43. The summed E-state index contributed by atoms with van der Waals surface area (Å²) in [6, 6.07) is 6.59. The quantitative estimate of drug-likeness (QED) is 0.901. The first-order chi connectivity index (χ1) is 8.28. The Balaban J connectivity index is 0.00000162. The minimum Gasteiger partial charge on any atom is -0.378 e. The van der Waals surface area contributed by atoms with E-state index in [1.165, 1.54) is 12.1 Å². The maximum Gasteiger partial charge on any atom is 0.123 e. The predicted molar refractivity (Wildman–Crippen MR) is 73.5 cm³/mol. The minimum absolute atomic E-state index is 0. The first-order valence-corrected chi connectivity index (χ1v) is 5.78. The molecule has 2 rings (SSSR count).